The Morgan fingerprint density at radius 2 is 1.94 bits per heavy atom. The van der Waals surface area contributed by atoms with E-state index >= 15 is 0 Å². The third kappa shape index (κ3) is 9.88. The van der Waals surface area contributed by atoms with Gasteiger partial charge in [0.05, 0.1) is 5.75 Å². The van der Waals surface area contributed by atoms with Gasteiger partial charge in [-0.3, -0.25) is 11.3 Å². The minimum absolute atomic E-state index is 0.186. The molecular weight excluding hydrogens is 256 g/mol. The molecule has 3 N–H and O–H groups in total. The van der Waals surface area contributed by atoms with Gasteiger partial charge >= 0.3 is 0 Å². The fourth-order valence-electron chi connectivity index (χ4n) is 1.26. The maximum absolute atomic E-state index is 11.3. The van der Waals surface area contributed by atoms with Crippen molar-refractivity contribution in [3.8, 4) is 0 Å². The molecule has 0 rings (SSSR count). The molecule has 0 aliphatic rings. The van der Waals surface area contributed by atoms with Crippen molar-refractivity contribution in [3.05, 3.63) is 0 Å². The van der Waals surface area contributed by atoms with Gasteiger partial charge in [0.2, 0.25) is 0 Å². The van der Waals surface area contributed by atoms with Gasteiger partial charge in [0.1, 0.15) is 9.84 Å². The molecule has 0 amide bonds. The molecule has 1 unspecified atom stereocenters. The average molecular weight is 282 g/mol. The topological polar surface area (TPSA) is 72.2 Å². The van der Waals surface area contributed by atoms with E-state index in [2.05, 4.69) is 26.2 Å². The summed E-state index contributed by atoms with van der Waals surface area (Å²) < 4.78 is 22.9. The molecule has 0 spiro atoms. The first-order valence-electron chi connectivity index (χ1n) is 6.00. The van der Waals surface area contributed by atoms with Gasteiger partial charge in [-0.1, -0.05) is 27.7 Å². The molecule has 0 saturated carbocycles. The van der Waals surface area contributed by atoms with Crippen LogP contribution in [-0.2, 0) is 9.84 Å². The Morgan fingerprint density at radius 3 is 2.35 bits per heavy atom. The lowest BCUT2D eigenvalue weighted by Crippen LogP contribution is -2.38. The van der Waals surface area contributed by atoms with Crippen molar-refractivity contribution in [1.82, 2.24) is 5.43 Å². The van der Waals surface area contributed by atoms with E-state index in [1.165, 1.54) is 0 Å². The van der Waals surface area contributed by atoms with Gasteiger partial charge < -0.3 is 0 Å². The van der Waals surface area contributed by atoms with Crippen molar-refractivity contribution < 1.29 is 8.42 Å². The highest BCUT2D eigenvalue weighted by Crippen LogP contribution is 2.24. The standard InChI is InChI=1S/C11H26N2O2S2/c1-5-17(14,15)8-6-7-10(13-12)9-16-11(2,3)4/h10,13H,5-9,12H2,1-4H3. The van der Waals surface area contributed by atoms with E-state index in [1.807, 2.05) is 11.8 Å². The van der Waals surface area contributed by atoms with Gasteiger partial charge in [-0.15, -0.1) is 0 Å². The molecule has 0 aromatic rings. The Kier molecular flexibility index (Phi) is 7.71. The van der Waals surface area contributed by atoms with E-state index in [0.717, 1.165) is 12.2 Å². The zero-order valence-corrected chi connectivity index (χ0v) is 13.0. The molecular formula is C11H26N2O2S2. The maximum Gasteiger partial charge on any atom is 0.150 e. The van der Waals surface area contributed by atoms with Gasteiger partial charge in [0.25, 0.3) is 0 Å². The van der Waals surface area contributed by atoms with Crippen molar-refractivity contribution in [3.63, 3.8) is 0 Å². The van der Waals surface area contributed by atoms with Gasteiger partial charge in [-0.2, -0.15) is 11.8 Å². The van der Waals surface area contributed by atoms with Crippen LogP contribution in [0.1, 0.15) is 40.5 Å². The fraction of sp³-hybridized carbons (Fsp3) is 1.00. The lowest BCUT2D eigenvalue weighted by atomic mass is 10.2. The Bertz CT molecular complexity index is 297. The Hall–Kier alpha value is 0.220. The number of hydrogen-bond donors (Lipinski definition) is 2. The normalized spacial score (nSPS) is 14.9. The molecule has 0 radical (unpaired) electrons. The van der Waals surface area contributed by atoms with Crippen molar-refractivity contribution in [1.29, 1.82) is 0 Å². The smallest absolute Gasteiger partial charge is 0.150 e. The molecule has 0 saturated heterocycles. The molecule has 1 atom stereocenters. The van der Waals surface area contributed by atoms with Crippen LogP contribution in [0.4, 0.5) is 0 Å². The zero-order valence-electron chi connectivity index (χ0n) is 11.3. The monoisotopic (exact) mass is 282 g/mol. The number of thioether (sulfide) groups is 1. The highest BCUT2D eigenvalue weighted by atomic mass is 32.2. The second-order valence-electron chi connectivity index (χ2n) is 5.17. The van der Waals surface area contributed by atoms with Crippen LogP contribution in [-0.4, -0.2) is 36.5 Å². The largest absolute Gasteiger partial charge is 0.271 e. The molecule has 6 heteroatoms. The first-order chi connectivity index (χ1) is 7.70. The summed E-state index contributed by atoms with van der Waals surface area (Å²) in [5.41, 5.74) is 2.76. The van der Waals surface area contributed by atoms with E-state index in [0.29, 0.717) is 6.42 Å². The molecule has 0 fully saturated rings. The Balaban J connectivity index is 3.91. The zero-order chi connectivity index (χ0) is 13.5. The maximum atomic E-state index is 11.3. The van der Waals surface area contributed by atoms with Crippen LogP contribution in [0.15, 0.2) is 0 Å². The highest BCUT2D eigenvalue weighted by molar-refractivity contribution is 8.00. The highest BCUT2D eigenvalue weighted by Gasteiger charge is 2.15. The molecule has 17 heavy (non-hydrogen) atoms. The van der Waals surface area contributed by atoms with Gasteiger partial charge in [-0.25, -0.2) is 8.42 Å². The molecule has 0 aliphatic heterocycles. The van der Waals surface area contributed by atoms with Crippen LogP contribution >= 0.6 is 11.8 Å². The first-order valence-corrected chi connectivity index (χ1v) is 8.81. The van der Waals surface area contributed by atoms with Crippen molar-refractivity contribution in [2.75, 3.05) is 17.3 Å². The molecule has 0 aromatic heterocycles. The van der Waals surface area contributed by atoms with Crippen LogP contribution in [0.3, 0.4) is 0 Å². The van der Waals surface area contributed by atoms with E-state index in [-0.39, 0.29) is 22.3 Å². The van der Waals surface area contributed by atoms with Crippen LogP contribution in [0.2, 0.25) is 0 Å². The van der Waals surface area contributed by atoms with Crippen LogP contribution in [0.25, 0.3) is 0 Å². The van der Waals surface area contributed by atoms with Gasteiger partial charge in [0.15, 0.2) is 0 Å². The van der Waals surface area contributed by atoms with Crippen molar-refractivity contribution >= 4 is 21.6 Å². The SMILES string of the molecule is CCS(=O)(=O)CCCC(CSC(C)(C)C)NN. The second-order valence-corrected chi connectivity index (χ2v) is 9.49. The number of nitrogens with two attached hydrogens (primary N) is 1. The summed E-state index contributed by atoms with van der Waals surface area (Å²) >= 11 is 1.84. The fourth-order valence-corrected chi connectivity index (χ4v) is 3.12. The second kappa shape index (κ2) is 7.61. The molecule has 0 bridgehead atoms. The number of hydrazine groups is 1. The Labute approximate surface area is 110 Å². The number of sulfone groups is 1. The molecule has 0 aliphatic carbocycles. The molecule has 0 heterocycles. The van der Waals surface area contributed by atoms with Crippen LogP contribution in [0, 0.1) is 0 Å². The third-order valence-electron chi connectivity index (χ3n) is 2.40. The average Bonchev–Trinajstić information content (AvgIpc) is 2.21. The van der Waals surface area contributed by atoms with Crippen molar-refractivity contribution in [2.24, 2.45) is 5.84 Å². The summed E-state index contributed by atoms with van der Waals surface area (Å²) in [5.74, 6) is 6.87. The minimum atomic E-state index is -2.84. The summed E-state index contributed by atoms with van der Waals surface area (Å²) in [6.07, 6.45) is 1.48. The molecule has 104 valence electrons. The molecule has 4 nitrogen and oxygen atoms in total. The van der Waals surface area contributed by atoms with E-state index in [4.69, 9.17) is 5.84 Å². The summed E-state index contributed by atoms with van der Waals surface area (Å²) in [6.45, 7) is 8.16. The van der Waals surface area contributed by atoms with E-state index < -0.39 is 9.84 Å². The first kappa shape index (κ1) is 17.2. The summed E-state index contributed by atoms with van der Waals surface area (Å²) in [6, 6.07) is 0.186. The van der Waals surface area contributed by atoms with Crippen LogP contribution in [0.5, 0.6) is 0 Å². The van der Waals surface area contributed by atoms with Gasteiger partial charge in [-0.05, 0) is 12.8 Å². The van der Waals surface area contributed by atoms with Crippen LogP contribution < -0.4 is 11.3 Å². The van der Waals surface area contributed by atoms with Crippen molar-refractivity contribution in [2.45, 2.75) is 51.3 Å². The lowest BCUT2D eigenvalue weighted by molar-refractivity contribution is 0.526. The predicted molar refractivity (Wildman–Crippen MR) is 76.9 cm³/mol. The number of rotatable bonds is 8. The van der Waals surface area contributed by atoms with E-state index in [1.54, 1.807) is 6.92 Å². The quantitative estimate of drug-likeness (QED) is 0.522. The minimum Gasteiger partial charge on any atom is -0.271 e. The lowest BCUT2D eigenvalue weighted by Gasteiger charge is -2.22. The molecule has 0 aromatic carbocycles. The Morgan fingerprint density at radius 1 is 1.35 bits per heavy atom. The third-order valence-corrected chi connectivity index (χ3v) is 5.63. The summed E-state index contributed by atoms with van der Waals surface area (Å²) in [7, 11) is -2.84. The number of hydrogen-bond acceptors (Lipinski definition) is 5. The van der Waals surface area contributed by atoms with E-state index in [9.17, 15) is 8.42 Å². The van der Waals surface area contributed by atoms with Gasteiger partial charge in [0, 0.05) is 22.3 Å². The number of nitrogens with one attached hydrogen (secondary N) is 1. The summed E-state index contributed by atoms with van der Waals surface area (Å²) in [4.78, 5) is 0. The predicted octanol–water partition coefficient (Wildman–Crippen LogP) is 1.56. The summed E-state index contributed by atoms with van der Waals surface area (Å²) in [5, 5.41) is 0.